The van der Waals surface area contributed by atoms with Crippen molar-refractivity contribution in [1.29, 1.82) is 0 Å². The topological polar surface area (TPSA) is 114 Å². The van der Waals surface area contributed by atoms with Gasteiger partial charge in [-0.25, -0.2) is 22.8 Å². The van der Waals surface area contributed by atoms with Crippen LogP contribution in [0.3, 0.4) is 0 Å². The molecule has 1 saturated heterocycles. The number of nitrogens with zero attached hydrogens (tertiary/aromatic N) is 3. The Balaban J connectivity index is 2.00. The minimum absolute atomic E-state index is 0.0606. The summed E-state index contributed by atoms with van der Waals surface area (Å²) in [5.41, 5.74) is 5.30. The minimum Gasteiger partial charge on any atom is -0.384 e. The van der Waals surface area contributed by atoms with Crippen LogP contribution in [0.5, 0.6) is 0 Å². The van der Waals surface area contributed by atoms with Gasteiger partial charge in [-0.05, 0) is 25.1 Å². The summed E-state index contributed by atoms with van der Waals surface area (Å²) in [6, 6.07) is 4.08. The second-order valence-corrected chi connectivity index (χ2v) is 8.93. The molecule has 3 N–H and O–H groups in total. The van der Waals surface area contributed by atoms with Gasteiger partial charge in [-0.15, -0.1) is 0 Å². The van der Waals surface area contributed by atoms with Crippen LogP contribution in [0.25, 0.3) is 11.0 Å². The van der Waals surface area contributed by atoms with E-state index in [-0.39, 0.29) is 37.1 Å². The maximum absolute atomic E-state index is 13.6. The molecule has 0 spiro atoms. The molecule has 1 fully saturated rings. The molecular formula is C18H17F4N5O3S. The number of nitrogens with two attached hydrogens (primary N) is 1. The van der Waals surface area contributed by atoms with Crippen molar-refractivity contribution in [2.75, 3.05) is 30.3 Å². The number of ether oxygens (including phenoxy) is 1. The molecule has 8 nitrogen and oxygen atoms in total. The Morgan fingerprint density at radius 2 is 2.03 bits per heavy atom. The van der Waals surface area contributed by atoms with E-state index in [2.05, 4.69) is 15.0 Å². The molecule has 166 valence electrons. The van der Waals surface area contributed by atoms with E-state index in [1.54, 1.807) is 11.8 Å². The van der Waals surface area contributed by atoms with E-state index >= 15 is 0 Å². The number of anilines is 2. The number of nitrogens with one attached hydrogen (secondary N) is 1. The number of hydrogen-bond donors (Lipinski definition) is 2. The van der Waals surface area contributed by atoms with Gasteiger partial charge < -0.3 is 20.4 Å². The molecule has 3 aromatic rings. The second kappa shape index (κ2) is 7.34. The third-order valence-corrected chi connectivity index (χ3v) is 6.60. The minimum atomic E-state index is -4.94. The number of aromatic amines is 1. The van der Waals surface area contributed by atoms with Crippen LogP contribution in [0.15, 0.2) is 34.1 Å². The zero-order chi connectivity index (χ0) is 22.6. The zero-order valence-electron chi connectivity index (χ0n) is 16.1. The smallest absolute Gasteiger partial charge is 0.384 e. The fourth-order valence-corrected chi connectivity index (χ4v) is 4.94. The molecule has 1 aromatic carbocycles. The Bertz CT molecular complexity index is 1260. The molecule has 1 aliphatic heterocycles. The number of aromatic nitrogens is 3. The Hall–Kier alpha value is -2.93. The van der Waals surface area contributed by atoms with Gasteiger partial charge in [-0.3, -0.25) is 0 Å². The third-order valence-electron chi connectivity index (χ3n) is 4.78. The van der Waals surface area contributed by atoms with E-state index < -0.39 is 48.8 Å². The molecular weight excluding hydrogens is 442 g/mol. The van der Waals surface area contributed by atoms with Crippen molar-refractivity contribution in [3.8, 4) is 0 Å². The molecule has 31 heavy (non-hydrogen) atoms. The van der Waals surface area contributed by atoms with Gasteiger partial charge in [0.15, 0.2) is 5.82 Å². The predicted octanol–water partition coefficient (Wildman–Crippen LogP) is 2.76. The van der Waals surface area contributed by atoms with Gasteiger partial charge in [0, 0.05) is 13.1 Å². The maximum atomic E-state index is 13.6. The first kappa shape index (κ1) is 21.3. The molecule has 13 heteroatoms. The van der Waals surface area contributed by atoms with Crippen molar-refractivity contribution in [1.82, 2.24) is 15.0 Å². The number of benzene rings is 1. The molecule has 3 heterocycles. The molecule has 1 aliphatic rings. The second-order valence-electron chi connectivity index (χ2n) is 7.05. The quantitative estimate of drug-likeness (QED) is 0.579. The number of H-pyrrole nitrogens is 1. The Morgan fingerprint density at radius 1 is 1.29 bits per heavy atom. The fraction of sp³-hybridized carbons (Fsp3) is 0.333. The number of hydrogen-bond acceptors (Lipinski definition) is 7. The highest BCUT2D eigenvalue weighted by Crippen LogP contribution is 2.38. The van der Waals surface area contributed by atoms with E-state index in [1.807, 2.05) is 0 Å². The summed E-state index contributed by atoms with van der Waals surface area (Å²) >= 11 is 0. The van der Waals surface area contributed by atoms with Crippen molar-refractivity contribution < 1.29 is 30.7 Å². The summed E-state index contributed by atoms with van der Waals surface area (Å²) in [5.74, 6) is -2.90. The first-order valence-corrected chi connectivity index (χ1v) is 10.6. The SMILES string of the molecule is CC1CN(c2nc(C(F)(F)F)nc3c(S(=O)(=O)c4cccc(F)c4)c(N)[nH]c23)CCO1. The van der Waals surface area contributed by atoms with Crippen LogP contribution in [0.1, 0.15) is 12.7 Å². The average Bonchev–Trinajstić information content (AvgIpc) is 3.03. The molecule has 0 amide bonds. The summed E-state index contributed by atoms with van der Waals surface area (Å²) in [4.78, 5) is 10.1. The fourth-order valence-electron chi connectivity index (χ4n) is 3.44. The highest BCUT2D eigenvalue weighted by Gasteiger charge is 2.39. The van der Waals surface area contributed by atoms with E-state index in [0.717, 1.165) is 18.2 Å². The number of fused-ring (bicyclic) bond motifs is 1. The van der Waals surface area contributed by atoms with Gasteiger partial charge in [0.1, 0.15) is 27.6 Å². The lowest BCUT2D eigenvalue weighted by atomic mass is 10.3. The van der Waals surface area contributed by atoms with Crippen LogP contribution in [0.4, 0.5) is 29.2 Å². The normalized spacial score (nSPS) is 18.0. The first-order chi connectivity index (χ1) is 14.5. The summed E-state index contributed by atoms with van der Waals surface area (Å²) in [6.07, 6.45) is -5.22. The number of nitrogen functional groups attached to an aromatic ring is 1. The van der Waals surface area contributed by atoms with E-state index in [9.17, 15) is 26.0 Å². The number of morpholine rings is 1. The van der Waals surface area contributed by atoms with E-state index in [0.29, 0.717) is 0 Å². The highest BCUT2D eigenvalue weighted by atomic mass is 32.2. The number of alkyl halides is 3. The van der Waals surface area contributed by atoms with Crippen molar-refractivity contribution >= 4 is 32.5 Å². The molecule has 0 bridgehead atoms. The van der Waals surface area contributed by atoms with E-state index in [1.165, 1.54) is 6.07 Å². The maximum Gasteiger partial charge on any atom is 0.451 e. The molecule has 1 unspecified atom stereocenters. The predicted molar refractivity (Wildman–Crippen MR) is 103 cm³/mol. The molecule has 0 radical (unpaired) electrons. The Morgan fingerprint density at radius 3 is 2.68 bits per heavy atom. The molecule has 1 atom stereocenters. The van der Waals surface area contributed by atoms with Crippen LogP contribution in [0.2, 0.25) is 0 Å². The number of halogens is 4. The van der Waals surface area contributed by atoms with Crippen LogP contribution in [-0.4, -0.2) is 49.2 Å². The van der Waals surface area contributed by atoms with Gasteiger partial charge in [0.25, 0.3) is 0 Å². The van der Waals surface area contributed by atoms with Crippen LogP contribution in [-0.2, 0) is 20.8 Å². The Kier molecular flexibility index (Phi) is 5.04. The van der Waals surface area contributed by atoms with Crippen LogP contribution >= 0.6 is 0 Å². The number of sulfone groups is 1. The van der Waals surface area contributed by atoms with Crippen molar-refractivity contribution in [2.24, 2.45) is 0 Å². The van der Waals surface area contributed by atoms with Crippen LogP contribution < -0.4 is 10.6 Å². The van der Waals surface area contributed by atoms with Gasteiger partial charge in [-0.1, -0.05) is 6.07 Å². The van der Waals surface area contributed by atoms with E-state index in [4.69, 9.17) is 10.5 Å². The van der Waals surface area contributed by atoms with Crippen molar-refractivity contribution in [3.05, 3.63) is 35.9 Å². The summed E-state index contributed by atoms with van der Waals surface area (Å²) in [6.45, 7) is 2.46. The monoisotopic (exact) mass is 459 g/mol. The van der Waals surface area contributed by atoms with Gasteiger partial charge in [0.2, 0.25) is 15.7 Å². The van der Waals surface area contributed by atoms with Gasteiger partial charge in [0.05, 0.1) is 17.6 Å². The molecule has 0 aliphatic carbocycles. The Labute approximate surface area is 174 Å². The average molecular weight is 459 g/mol. The lowest BCUT2D eigenvalue weighted by molar-refractivity contribution is -0.144. The first-order valence-electron chi connectivity index (χ1n) is 9.12. The molecule has 0 saturated carbocycles. The van der Waals surface area contributed by atoms with Gasteiger partial charge in [-0.2, -0.15) is 13.2 Å². The highest BCUT2D eigenvalue weighted by molar-refractivity contribution is 7.92. The van der Waals surface area contributed by atoms with Crippen molar-refractivity contribution in [2.45, 2.75) is 29.0 Å². The molecule has 4 rings (SSSR count). The number of rotatable bonds is 3. The van der Waals surface area contributed by atoms with Crippen molar-refractivity contribution in [3.63, 3.8) is 0 Å². The zero-order valence-corrected chi connectivity index (χ0v) is 16.9. The lowest BCUT2D eigenvalue weighted by Crippen LogP contribution is -2.42. The van der Waals surface area contributed by atoms with Crippen LogP contribution in [0, 0.1) is 5.82 Å². The third kappa shape index (κ3) is 3.78. The standard InChI is InChI=1S/C18H17F4N5O3S/c1-9-8-27(5-6-30-9)16-13-12(25-17(26-16)18(20,21)22)14(15(23)24-13)31(28,29)11-4-2-3-10(19)7-11/h2-4,7,9,24H,5-6,8,23H2,1H3. The van der Waals surface area contributed by atoms with Gasteiger partial charge >= 0.3 is 6.18 Å². The molecule has 2 aromatic heterocycles. The summed E-state index contributed by atoms with van der Waals surface area (Å²) in [7, 11) is -4.49. The largest absolute Gasteiger partial charge is 0.451 e. The summed E-state index contributed by atoms with van der Waals surface area (Å²) in [5, 5.41) is 0. The lowest BCUT2D eigenvalue weighted by Gasteiger charge is -2.32. The summed E-state index contributed by atoms with van der Waals surface area (Å²) < 4.78 is 85.9.